The molecule has 0 aliphatic carbocycles. The van der Waals surface area contributed by atoms with Crippen LogP contribution in [0.1, 0.15) is 10.4 Å². The third-order valence-electron chi connectivity index (χ3n) is 3.77. The van der Waals surface area contributed by atoms with Gasteiger partial charge in [-0.1, -0.05) is 28.1 Å². The first-order valence-electron chi connectivity index (χ1n) is 7.77. The highest BCUT2D eigenvalue weighted by Gasteiger charge is 2.20. The molecule has 3 aromatic rings. The molecular weight excluding hydrogens is 418 g/mol. The first-order chi connectivity index (χ1) is 13.1. The Morgan fingerprint density at radius 3 is 2.19 bits per heavy atom. The highest BCUT2D eigenvalue weighted by molar-refractivity contribution is 9.10. The minimum Gasteiger partial charge on any atom is -0.493 e. The van der Waals surface area contributed by atoms with Crippen molar-refractivity contribution in [3.8, 4) is 28.5 Å². The summed E-state index contributed by atoms with van der Waals surface area (Å²) in [6, 6.07) is 10.5. The topological polar surface area (TPSA) is 95.7 Å². The molecule has 1 aromatic heterocycles. The molecule has 0 unspecified atom stereocenters. The van der Waals surface area contributed by atoms with Gasteiger partial charge in [0.05, 0.1) is 21.3 Å². The summed E-state index contributed by atoms with van der Waals surface area (Å²) >= 11 is 3.37. The predicted molar refractivity (Wildman–Crippen MR) is 101 cm³/mol. The van der Waals surface area contributed by atoms with Crippen molar-refractivity contribution in [2.45, 2.75) is 0 Å². The lowest BCUT2D eigenvalue weighted by atomic mass is 10.1. The fraction of sp³-hybridized carbons (Fsp3) is 0.167. The molecule has 0 saturated heterocycles. The summed E-state index contributed by atoms with van der Waals surface area (Å²) < 4.78 is 21.5. The molecule has 9 heteroatoms. The number of aromatic nitrogens is 2. The van der Waals surface area contributed by atoms with Gasteiger partial charge in [-0.15, -0.1) is 0 Å². The lowest BCUT2D eigenvalue weighted by molar-refractivity contribution is 0.102. The van der Waals surface area contributed by atoms with Gasteiger partial charge in [0.2, 0.25) is 11.6 Å². The Bertz CT molecular complexity index is 931. The summed E-state index contributed by atoms with van der Waals surface area (Å²) in [5, 5.41) is 10.3. The number of carbonyl (C=O) groups excluding carboxylic acids is 1. The van der Waals surface area contributed by atoms with Gasteiger partial charge < -0.3 is 19.5 Å². The second-order valence-electron chi connectivity index (χ2n) is 5.34. The van der Waals surface area contributed by atoms with E-state index in [-0.39, 0.29) is 5.82 Å². The lowest BCUT2D eigenvalue weighted by Gasteiger charge is -2.13. The molecule has 0 spiro atoms. The second-order valence-corrected chi connectivity index (χ2v) is 6.25. The number of rotatable bonds is 6. The van der Waals surface area contributed by atoms with Gasteiger partial charge >= 0.3 is 0 Å². The Labute approximate surface area is 163 Å². The molecule has 3 rings (SSSR count). The summed E-state index contributed by atoms with van der Waals surface area (Å²) in [6.45, 7) is 0. The van der Waals surface area contributed by atoms with Crippen LogP contribution in [0.5, 0.6) is 17.2 Å². The standard InChI is InChI=1S/C18H16BrN3O5/c1-24-13-8-11(9-14(25-2)16(13)26-3)18(23)20-17-15(21-27-22-17)10-4-6-12(19)7-5-10/h4-9H,1-3H3,(H,20,22,23). The van der Waals surface area contributed by atoms with E-state index in [1.807, 2.05) is 24.3 Å². The monoisotopic (exact) mass is 433 g/mol. The number of carbonyl (C=O) groups is 1. The number of anilines is 1. The molecular formula is C18H16BrN3O5. The Hall–Kier alpha value is -3.07. The molecule has 140 valence electrons. The molecule has 2 aromatic carbocycles. The third-order valence-corrected chi connectivity index (χ3v) is 4.29. The summed E-state index contributed by atoms with van der Waals surface area (Å²) in [5.74, 6) is 0.913. The van der Waals surface area contributed by atoms with Crippen LogP contribution in [0.4, 0.5) is 5.82 Å². The first-order valence-corrected chi connectivity index (χ1v) is 8.56. The summed E-state index contributed by atoms with van der Waals surface area (Å²) in [4.78, 5) is 12.7. The molecule has 1 amide bonds. The Morgan fingerprint density at radius 2 is 1.63 bits per heavy atom. The van der Waals surface area contributed by atoms with Crippen molar-refractivity contribution >= 4 is 27.7 Å². The van der Waals surface area contributed by atoms with E-state index in [0.717, 1.165) is 10.0 Å². The maximum atomic E-state index is 12.7. The van der Waals surface area contributed by atoms with Gasteiger partial charge in [-0.05, 0) is 34.6 Å². The van der Waals surface area contributed by atoms with Gasteiger partial charge in [0.1, 0.15) is 0 Å². The van der Waals surface area contributed by atoms with Crippen molar-refractivity contribution in [2.24, 2.45) is 0 Å². The van der Waals surface area contributed by atoms with E-state index in [1.54, 1.807) is 12.1 Å². The van der Waals surface area contributed by atoms with E-state index in [4.69, 9.17) is 18.8 Å². The largest absolute Gasteiger partial charge is 0.493 e. The van der Waals surface area contributed by atoms with Crippen LogP contribution >= 0.6 is 15.9 Å². The zero-order chi connectivity index (χ0) is 19.4. The van der Waals surface area contributed by atoms with Crippen LogP contribution in [0.15, 0.2) is 45.5 Å². The minimum atomic E-state index is -0.427. The van der Waals surface area contributed by atoms with E-state index >= 15 is 0 Å². The van der Waals surface area contributed by atoms with Crippen molar-refractivity contribution in [3.05, 3.63) is 46.4 Å². The highest BCUT2D eigenvalue weighted by Crippen LogP contribution is 2.38. The average molecular weight is 434 g/mol. The van der Waals surface area contributed by atoms with Crippen LogP contribution in [0.3, 0.4) is 0 Å². The molecule has 0 aliphatic rings. The zero-order valence-corrected chi connectivity index (χ0v) is 16.4. The normalized spacial score (nSPS) is 10.4. The van der Waals surface area contributed by atoms with Crippen LogP contribution in [0, 0.1) is 0 Å². The van der Waals surface area contributed by atoms with Crippen LogP contribution in [-0.2, 0) is 0 Å². The van der Waals surface area contributed by atoms with E-state index in [9.17, 15) is 4.79 Å². The molecule has 1 heterocycles. The Morgan fingerprint density at radius 1 is 1.00 bits per heavy atom. The van der Waals surface area contributed by atoms with Gasteiger partial charge in [-0.3, -0.25) is 4.79 Å². The van der Waals surface area contributed by atoms with Gasteiger partial charge in [0.15, 0.2) is 17.2 Å². The van der Waals surface area contributed by atoms with Gasteiger partial charge in [-0.2, -0.15) is 0 Å². The number of ether oxygens (including phenoxy) is 3. The van der Waals surface area contributed by atoms with Crippen molar-refractivity contribution in [1.29, 1.82) is 0 Å². The number of hydrogen-bond acceptors (Lipinski definition) is 7. The number of methoxy groups -OCH3 is 3. The van der Waals surface area contributed by atoms with Crippen molar-refractivity contribution in [2.75, 3.05) is 26.6 Å². The Balaban J connectivity index is 1.91. The molecule has 0 saturated carbocycles. The van der Waals surface area contributed by atoms with Crippen LogP contribution in [0.25, 0.3) is 11.3 Å². The van der Waals surface area contributed by atoms with E-state index in [2.05, 4.69) is 31.6 Å². The van der Waals surface area contributed by atoms with E-state index < -0.39 is 5.91 Å². The van der Waals surface area contributed by atoms with E-state index in [0.29, 0.717) is 28.5 Å². The summed E-state index contributed by atoms with van der Waals surface area (Å²) in [6.07, 6.45) is 0. The van der Waals surface area contributed by atoms with Gasteiger partial charge in [0.25, 0.3) is 5.91 Å². The number of nitrogens with zero attached hydrogens (tertiary/aromatic N) is 2. The SMILES string of the molecule is COc1cc(C(=O)Nc2nonc2-c2ccc(Br)cc2)cc(OC)c1OC. The molecule has 27 heavy (non-hydrogen) atoms. The second kappa shape index (κ2) is 8.09. The van der Waals surface area contributed by atoms with Gasteiger partial charge in [0, 0.05) is 15.6 Å². The first kappa shape index (κ1) is 18.7. The number of hydrogen-bond donors (Lipinski definition) is 1. The molecule has 0 aliphatic heterocycles. The Kier molecular flexibility index (Phi) is 5.60. The average Bonchev–Trinajstić information content (AvgIpc) is 3.15. The number of nitrogens with one attached hydrogen (secondary N) is 1. The van der Waals surface area contributed by atoms with Crippen LogP contribution in [-0.4, -0.2) is 37.5 Å². The molecule has 1 N–H and O–H groups in total. The molecule has 0 fully saturated rings. The van der Waals surface area contributed by atoms with Crippen LogP contribution < -0.4 is 19.5 Å². The lowest BCUT2D eigenvalue weighted by Crippen LogP contribution is -2.13. The predicted octanol–water partition coefficient (Wildman–Crippen LogP) is 3.78. The highest BCUT2D eigenvalue weighted by atomic mass is 79.9. The fourth-order valence-electron chi connectivity index (χ4n) is 2.46. The summed E-state index contributed by atoms with van der Waals surface area (Å²) in [5.41, 5.74) is 1.47. The number of halogens is 1. The summed E-state index contributed by atoms with van der Waals surface area (Å²) in [7, 11) is 4.45. The maximum Gasteiger partial charge on any atom is 0.257 e. The molecule has 0 atom stereocenters. The smallest absolute Gasteiger partial charge is 0.257 e. The molecule has 0 radical (unpaired) electrons. The third kappa shape index (κ3) is 3.87. The molecule has 8 nitrogen and oxygen atoms in total. The van der Waals surface area contributed by atoms with E-state index in [1.165, 1.54) is 21.3 Å². The van der Waals surface area contributed by atoms with Gasteiger partial charge in [-0.25, -0.2) is 4.63 Å². The maximum absolute atomic E-state index is 12.7. The zero-order valence-electron chi connectivity index (χ0n) is 14.8. The van der Waals surface area contributed by atoms with Crippen molar-refractivity contribution in [1.82, 2.24) is 10.3 Å². The fourth-order valence-corrected chi connectivity index (χ4v) is 2.72. The minimum absolute atomic E-state index is 0.205. The number of benzene rings is 2. The molecule has 0 bridgehead atoms. The number of amides is 1. The van der Waals surface area contributed by atoms with Crippen molar-refractivity contribution < 1.29 is 23.6 Å². The quantitative estimate of drug-likeness (QED) is 0.631. The van der Waals surface area contributed by atoms with Crippen LogP contribution in [0.2, 0.25) is 0 Å². The van der Waals surface area contributed by atoms with Crippen molar-refractivity contribution in [3.63, 3.8) is 0 Å².